The number of aliphatic hydroxyl groups is 2. The summed E-state index contributed by atoms with van der Waals surface area (Å²) in [5, 5.41) is 52.0. The van der Waals surface area contributed by atoms with Crippen molar-refractivity contribution in [2.75, 3.05) is 0 Å². The van der Waals surface area contributed by atoms with E-state index in [4.69, 9.17) is 18.9 Å². The van der Waals surface area contributed by atoms with Gasteiger partial charge in [-0.3, -0.25) is 9.59 Å². The standard InChI is InChI=1S/C27H32O14/c1-13(18(38-15(3)28)14(2)12-17-8-6-5-7-9-17)10-11-25-19(30)20(39-16(4)29)27(41-25,24(35)36)26(37,23(33)34)21(40-25)22(31)32/h5-9,14,18-21,30,37H,1,10-12H2,2-4H3,(H,31,32)(H,33,34)(H,35,36)/t14-,18-,19-,20-,21-,25+,26-,27+/m1/s1. The van der Waals surface area contributed by atoms with E-state index < -0.39 is 77.7 Å². The third-order valence-corrected chi connectivity index (χ3v) is 7.30. The summed E-state index contributed by atoms with van der Waals surface area (Å²) < 4.78 is 21.3. The molecule has 0 amide bonds. The lowest BCUT2D eigenvalue weighted by atomic mass is 9.74. The Kier molecular flexibility index (Phi) is 8.93. The maximum Gasteiger partial charge on any atom is 0.344 e. The van der Waals surface area contributed by atoms with Crippen LogP contribution < -0.4 is 0 Å². The van der Waals surface area contributed by atoms with Crippen molar-refractivity contribution < 1.29 is 68.5 Å². The average molecular weight is 581 g/mol. The van der Waals surface area contributed by atoms with Crippen molar-refractivity contribution in [3.63, 3.8) is 0 Å². The molecule has 2 bridgehead atoms. The predicted molar refractivity (Wildman–Crippen MR) is 134 cm³/mol. The van der Waals surface area contributed by atoms with Gasteiger partial charge < -0.3 is 44.5 Å². The summed E-state index contributed by atoms with van der Waals surface area (Å²) in [5.74, 6) is -11.4. The molecule has 5 N–H and O–H groups in total. The van der Waals surface area contributed by atoms with Crippen LogP contribution in [0.4, 0.5) is 0 Å². The van der Waals surface area contributed by atoms with Crippen LogP contribution in [0.5, 0.6) is 0 Å². The highest BCUT2D eigenvalue weighted by Crippen LogP contribution is 2.55. The summed E-state index contributed by atoms with van der Waals surface area (Å²) in [4.78, 5) is 60.6. The number of ether oxygens (including phenoxy) is 4. The molecule has 0 radical (unpaired) electrons. The molecule has 2 aliphatic heterocycles. The van der Waals surface area contributed by atoms with Crippen molar-refractivity contribution in [2.45, 2.75) is 81.4 Å². The first-order valence-corrected chi connectivity index (χ1v) is 12.6. The highest BCUT2D eigenvalue weighted by Gasteiger charge is 2.85. The van der Waals surface area contributed by atoms with E-state index >= 15 is 0 Å². The quantitative estimate of drug-likeness (QED) is 0.165. The van der Waals surface area contributed by atoms with Crippen LogP contribution in [-0.4, -0.2) is 96.8 Å². The third kappa shape index (κ3) is 5.43. The van der Waals surface area contributed by atoms with Crippen molar-refractivity contribution in [1.29, 1.82) is 0 Å². The zero-order valence-corrected chi connectivity index (χ0v) is 22.5. The molecule has 0 aliphatic carbocycles. The van der Waals surface area contributed by atoms with Crippen LogP contribution in [-0.2, 0) is 49.3 Å². The molecule has 1 aromatic rings. The molecule has 14 nitrogen and oxygen atoms in total. The second kappa shape index (κ2) is 11.6. The number of esters is 2. The summed E-state index contributed by atoms with van der Waals surface area (Å²) in [6.07, 6.45) is -8.69. The highest BCUT2D eigenvalue weighted by atomic mass is 16.8. The minimum absolute atomic E-state index is 0.228. The van der Waals surface area contributed by atoms with Crippen LogP contribution >= 0.6 is 0 Å². The van der Waals surface area contributed by atoms with E-state index in [-0.39, 0.29) is 17.9 Å². The van der Waals surface area contributed by atoms with E-state index in [1.54, 1.807) is 6.92 Å². The molecular formula is C27H32O14. The Bertz CT molecular complexity index is 1230. The van der Waals surface area contributed by atoms with Gasteiger partial charge in [0.25, 0.3) is 0 Å². The third-order valence-electron chi connectivity index (χ3n) is 7.30. The van der Waals surface area contributed by atoms with Gasteiger partial charge in [0, 0.05) is 26.2 Å². The number of hydrogen-bond donors (Lipinski definition) is 5. The number of aliphatic carboxylic acids is 3. The number of carbonyl (C=O) groups is 5. The lowest BCUT2D eigenvalue weighted by molar-refractivity contribution is -0.374. The molecule has 0 spiro atoms. The molecule has 2 aliphatic rings. The molecule has 3 rings (SSSR count). The van der Waals surface area contributed by atoms with Crippen LogP contribution in [0.1, 0.15) is 39.2 Å². The molecule has 0 unspecified atom stereocenters. The average Bonchev–Trinajstić information content (AvgIpc) is 3.09. The zero-order chi connectivity index (χ0) is 30.9. The number of rotatable bonds is 12. The first-order valence-electron chi connectivity index (χ1n) is 12.6. The van der Waals surface area contributed by atoms with Gasteiger partial charge in [-0.25, -0.2) is 14.4 Å². The van der Waals surface area contributed by atoms with Gasteiger partial charge in [0.2, 0.25) is 23.1 Å². The van der Waals surface area contributed by atoms with Crippen LogP contribution in [0, 0.1) is 5.92 Å². The molecule has 2 fully saturated rings. The molecule has 2 heterocycles. The second-order valence-electron chi connectivity index (χ2n) is 10.2. The summed E-state index contributed by atoms with van der Waals surface area (Å²) in [5.41, 5.74) is -6.17. The largest absolute Gasteiger partial charge is 0.479 e. The minimum Gasteiger partial charge on any atom is -0.479 e. The van der Waals surface area contributed by atoms with E-state index in [0.29, 0.717) is 6.42 Å². The van der Waals surface area contributed by atoms with Crippen LogP contribution in [0.3, 0.4) is 0 Å². The van der Waals surface area contributed by atoms with Gasteiger partial charge in [-0.2, -0.15) is 0 Å². The van der Waals surface area contributed by atoms with E-state index in [9.17, 15) is 49.5 Å². The Labute approximate surface area is 234 Å². The van der Waals surface area contributed by atoms with Crippen molar-refractivity contribution in [3.05, 3.63) is 48.0 Å². The molecule has 0 saturated carbocycles. The first-order chi connectivity index (χ1) is 19.0. The smallest absolute Gasteiger partial charge is 0.344 e. The number of benzene rings is 1. The molecule has 0 aromatic heterocycles. The lowest BCUT2D eigenvalue weighted by Gasteiger charge is -2.48. The Morgan fingerprint density at radius 2 is 1.63 bits per heavy atom. The maximum absolute atomic E-state index is 12.6. The molecular weight excluding hydrogens is 548 g/mol. The molecule has 8 atom stereocenters. The van der Waals surface area contributed by atoms with Crippen molar-refractivity contribution >= 4 is 29.8 Å². The van der Waals surface area contributed by atoms with E-state index in [0.717, 1.165) is 12.5 Å². The summed E-state index contributed by atoms with van der Waals surface area (Å²) in [6.45, 7) is 7.77. The van der Waals surface area contributed by atoms with Gasteiger partial charge >= 0.3 is 29.8 Å². The van der Waals surface area contributed by atoms with Gasteiger partial charge in [-0.1, -0.05) is 43.8 Å². The lowest BCUT2D eigenvalue weighted by Crippen LogP contribution is -2.78. The molecule has 224 valence electrons. The predicted octanol–water partition coefficient (Wildman–Crippen LogP) is 0.275. The summed E-state index contributed by atoms with van der Waals surface area (Å²) >= 11 is 0. The van der Waals surface area contributed by atoms with E-state index in [2.05, 4.69) is 6.58 Å². The Morgan fingerprint density at radius 1 is 1.02 bits per heavy atom. The van der Waals surface area contributed by atoms with Crippen LogP contribution in [0.15, 0.2) is 42.5 Å². The fourth-order valence-electron chi connectivity index (χ4n) is 5.48. The Morgan fingerprint density at radius 3 is 2.12 bits per heavy atom. The number of aliphatic hydroxyl groups excluding tert-OH is 1. The Hall–Kier alpha value is -3.85. The topological polar surface area (TPSA) is 223 Å². The maximum atomic E-state index is 12.6. The second-order valence-corrected chi connectivity index (χ2v) is 10.2. The minimum atomic E-state index is -3.85. The summed E-state index contributed by atoms with van der Waals surface area (Å²) in [7, 11) is 0. The van der Waals surface area contributed by atoms with Crippen molar-refractivity contribution in [2.24, 2.45) is 5.92 Å². The van der Waals surface area contributed by atoms with Crippen molar-refractivity contribution in [3.8, 4) is 0 Å². The molecule has 14 heteroatoms. The van der Waals surface area contributed by atoms with Gasteiger partial charge in [-0.15, -0.1) is 0 Å². The van der Waals surface area contributed by atoms with Gasteiger partial charge in [-0.05, 0) is 24.0 Å². The van der Waals surface area contributed by atoms with Crippen molar-refractivity contribution in [1.82, 2.24) is 0 Å². The van der Waals surface area contributed by atoms with Gasteiger partial charge in [0.1, 0.15) is 12.2 Å². The van der Waals surface area contributed by atoms with Gasteiger partial charge in [0.05, 0.1) is 0 Å². The molecule has 2 saturated heterocycles. The fourth-order valence-corrected chi connectivity index (χ4v) is 5.48. The SMILES string of the molecule is C=C(CC[C@]12O[C@H](C(=O)O)[C@@](O)(C(=O)O)[C@](C(=O)O)(O1)[C@H](OC(C)=O)[C@H]2O)[C@@H](OC(C)=O)[C@H](C)Cc1ccccc1. The number of carbonyl (C=O) groups excluding carboxylic acids is 2. The molecule has 41 heavy (non-hydrogen) atoms. The molecule has 1 aromatic carbocycles. The number of hydrogen-bond acceptors (Lipinski definition) is 11. The normalized spacial score (nSPS) is 31.9. The van der Waals surface area contributed by atoms with E-state index in [1.165, 1.54) is 6.92 Å². The van der Waals surface area contributed by atoms with Crippen LogP contribution in [0.2, 0.25) is 0 Å². The summed E-state index contributed by atoms with van der Waals surface area (Å²) in [6, 6.07) is 9.25. The monoisotopic (exact) mass is 580 g/mol. The highest BCUT2D eigenvalue weighted by molar-refractivity contribution is 5.98. The zero-order valence-electron chi connectivity index (χ0n) is 22.5. The van der Waals surface area contributed by atoms with Crippen LogP contribution in [0.25, 0.3) is 0 Å². The Balaban J connectivity index is 2.01. The van der Waals surface area contributed by atoms with E-state index in [1.807, 2.05) is 30.3 Å². The number of carboxylic acid groups (broad SMARTS) is 3. The fraction of sp³-hybridized carbons (Fsp3) is 0.519. The first kappa shape index (κ1) is 31.7. The number of fused-ring (bicyclic) bond motifs is 2. The number of carboxylic acids is 3. The van der Waals surface area contributed by atoms with Gasteiger partial charge in [0.15, 0.2) is 6.10 Å².